The van der Waals surface area contributed by atoms with E-state index in [0.29, 0.717) is 60.8 Å². The Morgan fingerprint density at radius 2 is 1.83 bits per heavy atom. The van der Waals surface area contributed by atoms with Crippen LogP contribution in [0.5, 0.6) is 11.5 Å². The number of ether oxygens (including phenoxy) is 2. The zero-order valence-corrected chi connectivity index (χ0v) is 21.5. The molecule has 3 aromatic rings. The molecular formula is C24H30N4O5S2. The van der Waals surface area contributed by atoms with Gasteiger partial charge in [0, 0.05) is 18.5 Å². The first-order valence-electron chi connectivity index (χ1n) is 11.8. The van der Waals surface area contributed by atoms with E-state index in [1.165, 1.54) is 0 Å². The Balaban J connectivity index is 1.32. The summed E-state index contributed by atoms with van der Waals surface area (Å²) in [6.07, 6.45) is 2.92. The van der Waals surface area contributed by atoms with Gasteiger partial charge in [-0.05, 0) is 69.7 Å². The number of fused-ring (bicyclic) bond motifs is 1. The minimum Gasteiger partial charge on any atom is -0.494 e. The van der Waals surface area contributed by atoms with Gasteiger partial charge in [0.2, 0.25) is 15.9 Å². The number of sulfonamides is 1. The highest BCUT2D eigenvalue weighted by atomic mass is 32.2. The van der Waals surface area contributed by atoms with Crippen LogP contribution in [0.1, 0.15) is 39.5 Å². The summed E-state index contributed by atoms with van der Waals surface area (Å²) in [4.78, 5) is 13.1. The van der Waals surface area contributed by atoms with Gasteiger partial charge >= 0.3 is 0 Å². The number of hydrogen-bond donors (Lipinski definition) is 2. The monoisotopic (exact) mass is 518 g/mol. The highest BCUT2D eigenvalue weighted by Gasteiger charge is 2.28. The number of carbonyl (C=O) groups is 1. The molecule has 1 saturated carbocycles. The van der Waals surface area contributed by atoms with Crippen LogP contribution in [0, 0.1) is 11.8 Å². The van der Waals surface area contributed by atoms with Crippen molar-refractivity contribution in [3.63, 3.8) is 0 Å². The lowest BCUT2D eigenvalue weighted by Crippen LogP contribution is -2.33. The lowest BCUT2D eigenvalue weighted by Gasteiger charge is -2.28. The van der Waals surface area contributed by atoms with Gasteiger partial charge in [-0.2, -0.15) is 8.75 Å². The summed E-state index contributed by atoms with van der Waals surface area (Å²) in [5, 5.41) is 3.00. The van der Waals surface area contributed by atoms with E-state index in [1.54, 1.807) is 30.3 Å². The molecule has 4 rings (SSSR count). The van der Waals surface area contributed by atoms with Gasteiger partial charge in [0.15, 0.2) is 0 Å². The molecule has 9 nitrogen and oxygen atoms in total. The Bertz CT molecular complexity index is 1270. The predicted molar refractivity (Wildman–Crippen MR) is 135 cm³/mol. The van der Waals surface area contributed by atoms with Crippen molar-refractivity contribution >= 4 is 44.4 Å². The quantitative estimate of drug-likeness (QED) is 0.412. The standard InChI is InChI=1S/C24H30N4O5S2/c1-3-32-18-12-13-21(33-4-2)20(14-18)26-24(29)17-10-8-16(9-11-17)15-25-35(30,31)22-7-5-6-19-23(22)28-34-27-19/h5-7,12-14,16-17,25H,3-4,8-11,15H2,1-2H3,(H,26,29). The van der Waals surface area contributed by atoms with Crippen LogP contribution in [0.4, 0.5) is 5.69 Å². The Labute approximate surface area is 209 Å². The van der Waals surface area contributed by atoms with Crippen LogP contribution < -0.4 is 19.5 Å². The molecule has 1 aliphatic rings. The van der Waals surface area contributed by atoms with Gasteiger partial charge in [0.05, 0.1) is 30.6 Å². The summed E-state index contributed by atoms with van der Waals surface area (Å²) in [7, 11) is -3.70. The van der Waals surface area contributed by atoms with E-state index in [2.05, 4.69) is 18.8 Å². The maximum absolute atomic E-state index is 13.0. The van der Waals surface area contributed by atoms with Gasteiger partial charge in [0.25, 0.3) is 0 Å². The number of hydrogen-bond acceptors (Lipinski definition) is 8. The van der Waals surface area contributed by atoms with Crippen molar-refractivity contribution in [3.8, 4) is 11.5 Å². The summed E-state index contributed by atoms with van der Waals surface area (Å²) < 4.78 is 47.9. The second-order valence-electron chi connectivity index (χ2n) is 8.47. The van der Waals surface area contributed by atoms with E-state index in [1.807, 2.05) is 19.9 Å². The van der Waals surface area contributed by atoms with E-state index in [-0.39, 0.29) is 22.6 Å². The van der Waals surface area contributed by atoms with Crippen LogP contribution >= 0.6 is 11.7 Å². The molecule has 2 aromatic carbocycles. The second kappa shape index (κ2) is 11.3. The summed E-state index contributed by atoms with van der Waals surface area (Å²) in [6, 6.07) is 10.4. The normalized spacial score (nSPS) is 18.3. The van der Waals surface area contributed by atoms with E-state index in [0.717, 1.165) is 24.6 Å². The summed E-state index contributed by atoms with van der Waals surface area (Å²) in [5.74, 6) is 1.26. The van der Waals surface area contributed by atoms with Crippen molar-refractivity contribution in [2.24, 2.45) is 11.8 Å². The molecule has 11 heteroatoms. The number of aromatic nitrogens is 2. The maximum atomic E-state index is 13.0. The molecule has 0 spiro atoms. The van der Waals surface area contributed by atoms with Gasteiger partial charge < -0.3 is 14.8 Å². The fourth-order valence-corrected chi connectivity index (χ4v) is 6.19. The fourth-order valence-electron chi connectivity index (χ4n) is 4.31. The smallest absolute Gasteiger partial charge is 0.242 e. The molecule has 2 N–H and O–H groups in total. The van der Waals surface area contributed by atoms with Crippen molar-refractivity contribution in [1.82, 2.24) is 13.5 Å². The van der Waals surface area contributed by atoms with Crippen LogP contribution in [0.15, 0.2) is 41.3 Å². The highest BCUT2D eigenvalue weighted by molar-refractivity contribution is 7.89. The molecule has 188 valence electrons. The van der Waals surface area contributed by atoms with Gasteiger partial charge in [-0.1, -0.05) is 6.07 Å². The number of carbonyl (C=O) groups excluding carboxylic acids is 1. The number of anilines is 1. The van der Waals surface area contributed by atoms with Crippen molar-refractivity contribution in [2.75, 3.05) is 25.1 Å². The van der Waals surface area contributed by atoms with Crippen LogP contribution in [-0.2, 0) is 14.8 Å². The van der Waals surface area contributed by atoms with Crippen LogP contribution in [0.2, 0.25) is 0 Å². The van der Waals surface area contributed by atoms with Crippen molar-refractivity contribution in [3.05, 3.63) is 36.4 Å². The third-order valence-electron chi connectivity index (χ3n) is 6.14. The second-order valence-corrected chi connectivity index (χ2v) is 10.7. The molecule has 1 aromatic heterocycles. The minimum atomic E-state index is -3.70. The lowest BCUT2D eigenvalue weighted by atomic mass is 9.81. The number of amides is 1. The summed E-state index contributed by atoms with van der Waals surface area (Å²) in [5.41, 5.74) is 1.57. The van der Waals surface area contributed by atoms with E-state index < -0.39 is 10.0 Å². The summed E-state index contributed by atoms with van der Waals surface area (Å²) >= 11 is 0.994. The largest absolute Gasteiger partial charge is 0.494 e. The third-order valence-corrected chi connectivity index (χ3v) is 8.14. The first-order valence-corrected chi connectivity index (χ1v) is 14.0. The van der Waals surface area contributed by atoms with Gasteiger partial charge in [-0.3, -0.25) is 4.79 Å². The molecule has 0 aliphatic heterocycles. The van der Waals surface area contributed by atoms with Crippen molar-refractivity contribution < 1.29 is 22.7 Å². The Hall–Kier alpha value is -2.76. The zero-order valence-electron chi connectivity index (χ0n) is 19.8. The number of nitrogens with zero attached hydrogens (tertiary/aromatic N) is 2. The molecular weight excluding hydrogens is 488 g/mol. The number of nitrogens with one attached hydrogen (secondary N) is 2. The SMILES string of the molecule is CCOc1ccc(OCC)c(NC(=O)C2CCC(CNS(=O)(=O)c3cccc4nsnc34)CC2)c1. The molecule has 0 bridgehead atoms. The first-order chi connectivity index (χ1) is 16.9. The molecule has 1 fully saturated rings. The van der Waals surface area contributed by atoms with Crippen LogP contribution in [0.3, 0.4) is 0 Å². The molecule has 0 radical (unpaired) electrons. The van der Waals surface area contributed by atoms with E-state index in [4.69, 9.17) is 9.47 Å². The average molecular weight is 519 g/mol. The van der Waals surface area contributed by atoms with E-state index in [9.17, 15) is 13.2 Å². The Morgan fingerprint density at radius 1 is 1.06 bits per heavy atom. The van der Waals surface area contributed by atoms with E-state index >= 15 is 0 Å². The molecule has 35 heavy (non-hydrogen) atoms. The molecule has 1 amide bonds. The topological polar surface area (TPSA) is 120 Å². The molecule has 0 saturated heterocycles. The molecule has 0 atom stereocenters. The van der Waals surface area contributed by atoms with Crippen LogP contribution in [0.25, 0.3) is 11.0 Å². The van der Waals surface area contributed by atoms with Gasteiger partial charge in [0.1, 0.15) is 27.4 Å². The molecule has 1 aliphatic carbocycles. The molecule has 1 heterocycles. The molecule has 0 unspecified atom stereocenters. The fraction of sp³-hybridized carbons (Fsp3) is 0.458. The predicted octanol–water partition coefficient (Wildman–Crippen LogP) is 4.21. The Morgan fingerprint density at radius 3 is 2.57 bits per heavy atom. The highest BCUT2D eigenvalue weighted by Crippen LogP contribution is 2.33. The number of benzene rings is 2. The third kappa shape index (κ3) is 6.09. The summed E-state index contributed by atoms with van der Waals surface area (Å²) in [6.45, 7) is 5.15. The Kier molecular flexibility index (Phi) is 8.19. The maximum Gasteiger partial charge on any atom is 0.242 e. The first kappa shape index (κ1) is 25.3. The zero-order chi connectivity index (χ0) is 24.8. The van der Waals surface area contributed by atoms with Crippen molar-refractivity contribution in [1.29, 1.82) is 0 Å². The van der Waals surface area contributed by atoms with Crippen molar-refractivity contribution in [2.45, 2.75) is 44.4 Å². The van der Waals surface area contributed by atoms with Gasteiger partial charge in [-0.15, -0.1) is 0 Å². The minimum absolute atomic E-state index is 0.0543. The van der Waals surface area contributed by atoms with Gasteiger partial charge in [-0.25, -0.2) is 13.1 Å². The van der Waals surface area contributed by atoms with Crippen LogP contribution in [-0.4, -0.2) is 42.8 Å². The average Bonchev–Trinajstić information content (AvgIpc) is 3.34. The number of rotatable bonds is 10. The lowest BCUT2D eigenvalue weighted by molar-refractivity contribution is -0.121.